The number of carbonyl (C=O) groups is 1. The van der Waals surface area contributed by atoms with Gasteiger partial charge in [0.25, 0.3) is 0 Å². The summed E-state index contributed by atoms with van der Waals surface area (Å²) in [5.74, 6) is -0.441. The minimum atomic E-state index is -1.08. The zero-order valence-electron chi connectivity index (χ0n) is 9.20. The van der Waals surface area contributed by atoms with E-state index in [4.69, 9.17) is 15.1 Å². The highest BCUT2D eigenvalue weighted by atomic mass is 16.5. The molecule has 88 valence electrons. The van der Waals surface area contributed by atoms with Gasteiger partial charge < -0.3 is 9.84 Å². The van der Waals surface area contributed by atoms with E-state index in [9.17, 15) is 4.79 Å². The Morgan fingerprint density at radius 2 is 2.11 bits per heavy atom. The topological polar surface area (TPSA) is 83.2 Å². The zero-order chi connectivity index (χ0) is 13.0. The predicted octanol–water partition coefficient (Wildman–Crippen LogP) is 2.44. The first-order chi connectivity index (χ1) is 8.70. The van der Waals surface area contributed by atoms with Crippen molar-refractivity contribution in [3.05, 3.63) is 53.9 Å². The van der Waals surface area contributed by atoms with Gasteiger partial charge in [0.2, 0.25) is 0 Å². The van der Waals surface area contributed by atoms with Crippen molar-refractivity contribution in [3.63, 3.8) is 0 Å². The predicted molar refractivity (Wildman–Crippen MR) is 62.4 cm³/mol. The molecule has 0 aliphatic heterocycles. The van der Waals surface area contributed by atoms with Gasteiger partial charge in [-0.25, -0.2) is 4.79 Å². The van der Waals surface area contributed by atoms with Crippen molar-refractivity contribution in [3.8, 4) is 17.6 Å². The molecule has 0 unspecified atom stereocenters. The molecule has 1 aromatic heterocycles. The summed E-state index contributed by atoms with van der Waals surface area (Å²) >= 11 is 0. The molecule has 5 heteroatoms. The second kappa shape index (κ2) is 4.97. The maximum atomic E-state index is 10.8. The monoisotopic (exact) mass is 240 g/mol. The van der Waals surface area contributed by atoms with E-state index in [0.29, 0.717) is 11.3 Å². The van der Waals surface area contributed by atoms with E-state index in [1.54, 1.807) is 24.3 Å². The van der Waals surface area contributed by atoms with Crippen LogP contribution in [0.1, 0.15) is 15.9 Å². The smallest absolute Gasteiger partial charge is 0.337 e. The van der Waals surface area contributed by atoms with Crippen molar-refractivity contribution in [2.45, 2.75) is 0 Å². The third-order valence-electron chi connectivity index (χ3n) is 2.20. The maximum absolute atomic E-state index is 10.8. The van der Waals surface area contributed by atoms with Gasteiger partial charge in [0.05, 0.1) is 17.3 Å². The molecule has 0 fully saturated rings. The SMILES string of the molecule is N#Cc1ccccc1Oc1cncc(C(=O)O)c1. The van der Waals surface area contributed by atoms with Crippen molar-refractivity contribution in [1.29, 1.82) is 5.26 Å². The van der Waals surface area contributed by atoms with Crippen LogP contribution in [0.3, 0.4) is 0 Å². The molecule has 0 saturated heterocycles. The highest BCUT2D eigenvalue weighted by Gasteiger charge is 2.07. The van der Waals surface area contributed by atoms with Crippen molar-refractivity contribution in [1.82, 2.24) is 4.98 Å². The molecule has 2 rings (SSSR count). The fourth-order valence-electron chi connectivity index (χ4n) is 1.37. The minimum Gasteiger partial charge on any atom is -0.478 e. The first-order valence-electron chi connectivity index (χ1n) is 5.06. The molecular weight excluding hydrogens is 232 g/mol. The highest BCUT2D eigenvalue weighted by Crippen LogP contribution is 2.24. The van der Waals surface area contributed by atoms with Gasteiger partial charge in [0, 0.05) is 6.20 Å². The van der Waals surface area contributed by atoms with E-state index in [1.807, 2.05) is 6.07 Å². The van der Waals surface area contributed by atoms with Crippen LogP contribution in [0.4, 0.5) is 0 Å². The molecular formula is C13H8N2O3. The summed E-state index contributed by atoms with van der Waals surface area (Å²) in [5, 5.41) is 17.7. The maximum Gasteiger partial charge on any atom is 0.337 e. The summed E-state index contributed by atoms with van der Waals surface area (Å²) < 4.78 is 5.44. The number of hydrogen-bond acceptors (Lipinski definition) is 4. The summed E-state index contributed by atoms with van der Waals surface area (Å²) in [6.45, 7) is 0. The molecule has 0 bridgehead atoms. The summed E-state index contributed by atoms with van der Waals surface area (Å²) in [4.78, 5) is 14.5. The molecule has 18 heavy (non-hydrogen) atoms. The lowest BCUT2D eigenvalue weighted by Crippen LogP contribution is -1.98. The number of para-hydroxylation sites is 1. The van der Waals surface area contributed by atoms with Gasteiger partial charge in [0.15, 0.2) is 0 Å². The number of aromatic carboxylic acids is 1. The number of nitriles is 1. The van der Waals surface area contributed by atoms with Crippen LogP contribution < -0.4 is 4.74 Å². The highest BCUT2D eigenvalue weighted by molar-refractivity contribution is 5.87. The molecule has 1 N–H and O–H groups in total. The molecule has 0 radical (unpaired) electrons. The van der Waals surface area contributed by atoms with Gasteiger partial charge in [-0.3, -0.25) is 4.98 Å². The second-order valence-electron chi connectivity index (χ2n) is 3.42. The van der Waals surface area contributed by atoms with Crippen LogP contribution in [-0.2, 0) is 0 Å². The van der Waals surface area contributed by atoms with E-state index in [2.05, 4.69) is 4.98 Å². The number of nitrogens with zero attached hydrogens (tertiary/aromatic N) is 2. The quantitative estimate of drug-likeness (QED) is 0.890. The van der Waals surface area contributed by atoms with Crippen LogP contribution in [-0.4, -0.2) is 16.1 Å². The van der Waals surface area contributed by atoms with E-state index in [-0.39, 0.29) is 11.3 Å². The Labute approximate surface area is 103 Å². The molecule has 0 aliphatic carbocycles. The molecule has 5 nitrogen and oxygen atoms in total. The molecule has 0 atom stereocenters. The van der Waals surface area contributed by atoms with Gasteiger partial charge >= 0.3 is 5.97 Å². The Morgan fingerprint density at radius 1 is 1.33 bits per heavy atom. The Kier molecular flexibility index (Phi) is 3.21. The van der Waals surface area contributed by atoms with Gasteiger partial charge in [0.1, 0.15) is 17.6 Å². The Balaban J connectivity index is 2.32. The van der Waals surface area contributed by atoms with Gasteiger partial charge in [-0.15, -0.1) is 0 Å². The largest absolute Gasteiger partial charge is 0.478 e. The van der Waals surface area contributed by atoms with E-state index >= 15 is 0 Å². The number of hydrogen-bond donors (Lipinski definition) is 1. The lowest BCUT2D eigenvalue weighted by atomic mass is 10.2. The number of aromatic nitrogens is 1. The Morgan fingerprint density at radius 3 is 2.83 bits per heavy atom. The summed E-state index contributed by atoms with van der Waals surface area (Å²) in [7, 11) is 0. The minimum absolute atomic E-state index is 0.0296. The summed E-state index contributed by atoms with van der Waals surface area (Å²) in [6, 6.07) is 10.0. The van der Waals surface area contributed by atoms with Crippen molar-refractivity contribution in [2.24, 2.45) is 0 Å². The van der Waals surface area contributed by atoms with E-state index < -0.39 is 5.97 Å². The summed E-state index contributed by atoms with van der Waals surface area (Å²) in [6.07, 6.45) is 2.62. The molecule has 2 aromatic rings. The van der Waals surface area contributed by atoms with Crippen LogP contribution >= 0.6 is 0 Å². The van der Waals surface area contributed by atoms with Crippen LogP contribution in [0.5, 0.6) is 11.5 Å². The molecule has 0 amide bonds. The third-order valence-corrected chi connectivity index (χ3v) is 2.20. The van der Waals surface area contributed by atoms with Gasteiger partial charge in [-0.05, 0) is 18.2 Å². The van der Waals surface area contributed by atoms with E-state index in [1.165, 1.54) is 18.5 Å². The fourth-order valence-corrected chi connectivity index (χ4v) is 1.37. The average molecular weight is 240 g/mol. The number of benzene rings is 1. The number of pyridine rings is 1. The zero-order valence-corrected chi connectivity index (χ0v) is 9.20. The van der Waals surface area contributed by atoms with Gasteiger partial charge in [-0.2, -0.15) is 5.26 Å². The molecule has 1 aromatic carbocycles. The standard InChI is InChI=1S/C13H8N2O3/c14-6-9-3-1-2-4-12(9)18-11-5-10(13(16)17)7-15-8-11/h1-5,7-8H,(H,16,17). The second-order valence-corrected chi connectivity index (χ2v) is 3.42. The van der Waals surface area contributed by atoms with Crippen molar-refractivity contribution < 1.29 is 14.6 Å². The number of carboxylic acid groups (broad SMARTS) is 1. The van der Waals surface area contributed by atoms with E-state index in [0.717, 1.165) is 0 Å². The average Bonchev–Trinajstić information content (AvgIpc) is 2.39. The van der Waals surface area contributed by atoms with Crippen molar-refractivity contribution >= 4 is 5.97 Å². The Hall–Kier alpha value is -2.87. The molecule has 1 heterocycles. The summed E-state index contributed by atoms with van der Waals surface area (Å²) in [5.41, 5.74) is 0.403. The molecule has 0 aliphatic rings. The van der Waals surface area contributed by atoms with Crippen LogP contribution in [0.15, 0.2) is 42.7 Å². The van der Waals surface area contributed by atoms with Gasteiger partial charge in [-0.1, -0.05) is 12.1 Å². The lowest BCUT2D eigenvalue weighted by molar-refractivity contribution is 0.0696. The van der Waals surface area contributed by atoms with Crippen LogP contribution in [0.25, 0.3) is 0 Å². The number of rotatable bonds is 3. The first-order valence-corrected chi connectivity index (χ1v) is 5.06. The number of ether oxygens (including phenoxy) is 1. The van der Waals surface area contributed by atoms with Crippen LogP contribution in [0.2, 0.25) is 0 Å². The fraction of sp³-hybridized carbons (Fsp3) is 0. The first kappa shape index (κ1) is 11.6. The Bertz CT molecular complexity index is 632. The van der Waals surface area contributed by atoms with Crippen LogP contribution in [0, 0.1) is 11.3 Å². The lowest BCUT2D eigenvalue weighted by Gasteiger charge is -2.06. The normalized spacial score (nSPS) is 9.50. The third kappa shape index (κ3) is 2.44. The molecule has 0 saturated carbocycles. The molecule has 0 spiro atoms. The van der Waals surface area contributed by atoms with Crippen molar-refractivity contribution in [2.75, 3.05) is 0 Å². The number of carboxylic acids is 1.